The summed E-state index contributed by atoms with van der Waals surface area (Å²) in [5.41, 5.74) is 1.84. The maximum Gasteiger partial charge on any atom is 0.208 e. The van der Waals surface area contributed by atoms with E-state index in [1.54, 1.807) is 30.5 Å². The smallest absolute Gasteiger partial charge is 0.208 e. The summed E-state index contributed by atoms with van der Waals surface area (Å²) >= 11 is 3.38. The molecule has 0 amide bonds. The average Bonchev–Trinajstić information content (AvgIpc) is 2.82. The molecule has 2 aromatic carbocycles. The molecule has 0 aliphatic heterocycles. The fourth-order valence-corrected chi connectivity index (χ4v) is 3.92. The number of aryl methyl sites for hydroxylation is 1. The van der Waals surface area contributed by atoms with Crippen molar-refractivity contribution in [2.45, 2.75) is 16.7 Å². The molecule has 0 saturated heterocycles. The van der Waals surface area contributed by atoms with Crippen molar-refractivity contribution in [3.8, 4) is 0 Å². The molecule has 0 radical (unpaired) electrons. The van der Waals surface area contributed by atoms with Gasteiger partial charge in [0.05, 0.1) is 9.79 Å². The first-order valence-corrected chi connectivity index (χ1v) is 8.34. The second-order valence-electron chi connectivity index (χ2n) is 4.66. The third-order valence-electron chi connectivity index (χ3n) is 3.23. The van der Waals surface area contributed by atoms with Crippen LogP contribution in [0.25, 0.3) is 10.9 Å². The summed E-state index contributed by atoms with van der Waals surface area (Å²) in [6, 6.07) is 12.4. The SMILES string of the molecule is Cc1ccc(S(=O)(=O)c2c[nH]c3ccc(Br)cc23)cc1. The molecule has 0 bridgehead atoms. The van der Waals surface area contributed by atoms with Gasteiger partial charge in [-0.05, 0) is 37.3 Å². The number of benzene rings is 2. The summed E-state index contributed by atoms with van der Waals surface area (Å²) < 4.78 is 26.2. The molecule has 3 nitrogen and oxygen atoms in total. The minimum atomic E-state index is -3.51. The van der Waals surface area contributed by atoms with E-state index in [2.05, 4.69) is 20.9 Å². The Hall–Kier alpha value is -1.59. The Morgan fingerprint density at radius 1 is 1.05 bits per heavy atom. The average molecular weight is 350 g/mol. The number of aromatic nitrogens is 1. The van der Waals surface area contributed by atoms with E-state index in [9.17, 15) is 8.42 Å². The molecule has 102 valence electrons. The molecule has 0 saturated carbocycles. The van der Waals surface area contributed by atoms with Gasteiger partial charge in [0.2, 0.25) is 9.84 Å². The van der Waals surface area contributed by atoms with E-state index < -0.39 is 9.84 Å². The molecule has 20 heavy (non-hydrogen) atoms. The highest BCUT2D eigenvalue weighted by molar-refractivity contribution is 9.10. The van der Waals surface area contributed by atoms with E-state index in [1.807, 2.05) is 25.1 Å². The van der Waals surface area contributed by atoms with Crippen LogP contribution in [0.4, 0.5) is 0 Å². The molecule has 1 aromatic heterocycles. The van der Waals surface area contributed by atoms with Gasteiger partial charge in [-0.2, -0.15) is 0 Å². The zero-order chi connectivity index (χ0) is 14.3. The van der Waals surface area contributed by atoms with E-state index in [4.69, 9.17) is 0 Å². The van der Waals surface area contributed by atoms with Crippen molar-refractivity contribution in [2.24, 2.45) is 0 Å². The number of rotatable bonds is 2. The molecule has 1 heterocycles. The van der Waals surface area contributed by atoms with Crippen LogP contribution >= 0.6 is 15.9 Å². The lowest BCUT2D eigenvalue weighted by Gasteiger charge is -2.04. The van der Waals surface area contributed by atoms with Gasteiger partial charge in [-0.1, -0.05) is 33.6 Å². The molecule has 0 atom stereocenters. The lowest BCUT2D eigenvalue weighted by atomic mass is 10.2. The Bertz CT molecular complexity index is 880. The van der Waals surface area contributed by atoms with Crippen LogP contribution in [-0.4, -0.2) is 13.4 Å². The number of hydrogen-bond donors (Lipinski definition) is 1. The zero-order valence-corrected chi connectivity index (χ0v) is 13.1. The third kappa shape index (κ3) is 2.17. The highest BCUT2D eigenvalue weighted by Crippen LogP contribution is 2.30. The van der Waals surface area contributed by atoms with E-state index in [0.29, 0.717) is 15.2 Å². The first kappa shape index (κ1) is 13.4. The van der Waals surface area contributed by atoms with E-state index in [0.717, 1.165) is 15.6 Å². The fraction of sp³-hybridized carbons (Fsp3) is 0.0667. The van der Waals surface area contributed by atoms with Gasteiger partial charge in [0.25, 0.3) is 0 Å². The van der Waals surface area contributed by atoms with Gasteiger partial charge in [0.15, 0.2) is 0 Å². The minimum absolute atomic E-state index is 0.303. The largest absolute Gasteiger partial charge is 0.360 e. The predicted molar refractivity (Wildman–Crippen MR) is 82.6 cm³/mol. The van der Waals surface area contributed by atoms with E-state index in [-0.39, 0.29) is 0 Å². The molecular formula is C15H12BrNO2S. The maximum absolute atomic E-state index is 12.7. The van der Waals surface area contributed by atoms with Crippen LogP contribution in [0.5, 0.6) is 0 Å². The molecule has 5 heteroatoms. The summed E-state index contributed by atoms with van der Waals surface area (Å²) in [6.07, 6.45) is 1.55. The summed E-state index contributed by atoms with van der Waals surface area (Å²) in [6.45, 7) is 1.93. The van der Waals surface area contributed by atoms with Crippen LogP contribution < -0.4 is 0 Å². The number of hydrogen-bond acceptors (Lipinski definition) is 2. The Balaban J connectivity index is 2.23. The highest BCUT2D eigenvalue weighted by Gasteiger charge is 2.21. The van der Waals surface area contributed by atoms with Crippen molar-refractivity contribution in [3.05, 3.63) is 58.7 Å². The molecule has 0 fully saturated rings. The Morgan fingerprint density at radius 2 is 1.75 bits per heavy atom. The minimum Gasteiger partial charge on any atom is -0.360 e. The predicted octanol–water partition coefficient (Wildman–Crippen LogP) is 4.07. The molecule has 3 rings (SSSR count). The van der Waals surface area contributed by atoms with Crippen LogP contribution in [0.2, 0.25) is 0 Å². The fourth-order valence-electron chi connectivity index (χ4n) is 2.13. The second kappa shape index (κ2) is 4.75. The highest BCUT2D eigenvalue weighted by atomic mass is 79.9. The number of halogens is 1. The molecule has 0 aliphatic carbocycles. The summed E-state index contributed by atoms with van der Waals surface area (Å²) in [7, 11) is -3.51. The lowest BCUT2D eigenvalue weighted by molar-refractivity contribution is 0.597. The van der Waals surface area contributed by atoms with Gasteiger partial charge in [-0.25, -0.2) is 8.42 Å². The summed E-state index contributed by atoms with van der Waals surface area (Å²) in [4.78, 5) is 3.62. The van der Waals surface area contributed by atoms with Crippen LogP contribution in [0.15, 0.2) is 62.9 Å². The molecule has 0 aliphatic rings. The van der Waals surface area contributed by atoms with Crippen LogP contribution in [0, 0.1) is 6.92 Å². The topological polar surface area (TPSA) is 49.9 Å². The summed E-state index contributed by atoms with van der Waals surface area (Å²) in [5.74, 6) is 0. The Morgan fingerprint density at radius 3 is 2.45 bits per heavy atom. The molecule has 0 spiro atoms. The van der Waals surface area contributed by atoms with E-state index >= 15 is 0 Å². The quantitative estimate of drug-likeness (QED) is 0.757. The third-order valence-corrected chi connectivity index (χ3v) is 5.53. The normalized spacial score (nSPS) is 11.9. The number of sulfone groups is 1. The van der Waals surface area contributed by atoms with Crippen LogP contribution in [0.1, 0.15) is 5.56 Å². The number of nitrogens with one attached hydrogen (secondary N) is 1. The van der Waals surface area contributed by atoms with Gasteiger partial charge >= 0.3 is 0 Å². The monoisotopic (exact) mass is 349 g/mol. The number of fused-ring (bicyclic) bond motifs is 1. The van der Waals surface area contributed by atoms with Crippen molar-refractivity contribution in [3.63, 3.8) is 0 Å². The molecule has 0 unspecified atom stereocenters. The standard InChI is InChI=1S/C15H12BrNO2S/c1-10-2-5-12(6-3-10)20(18,19)15-9-17-14-7-4-11(16)8-13(14)15/h2-9,17H,1H3. The molecule has 3 aromatic rings. The number of aromatic amines is 1. The van der Waals surface area contributed by atoms with Gasteiger partial charge in [-0.15, -0.1) is 0 Å². The van der Waals surface area contributed by atoms with Gasteiger partial charge in [0, 0.05) is 21.6 Å². The second-order valence-corrected chi connectivity index (χ2v) is 7.49. The van der Waals surface area contributed by atoms with Crippen molar-refractivity contribution in [1.82, 2.24) is 4.98 Å². The van der Waals surface area contributed by atoms with Gasteiger partial charge in [-0.3, -0.25) is 0 Å². The summed E-state index contributed by atoms with van der Waals surface area (Å²) in [5, 5.41) is 0.694. The van der Waals surface area contributed by atoms with Crippen molar-refractivity contribution >= 4 is 36.7 Å². The maximum atomic E-state index is 12.7. The molecular weight excluding hydrogens is 338 g/mol. The lowest BCUT2D eigenvalue weighted by Crippen LogP contribution is -2.01. The van der Waals surface area contributed by atoms with Crippen molar-refractivity contribution in [1.29, 1.82) is 0 Å². The van der Waals surface area contributed by atoms with Gasteiger partial charge in [0.1, 0.15) is 0 Å². The first-order chi connectivity index (χ1) is 9.48. The molecule has 1 N–H and O–H groups in total. The Kier molecular flexibility index (Phi) is 3.18. The van der Waals surface area contributed by atoms with Crippen molar-refractivity contribution in [2.75, 3.05) is 0 Å². The van der Waals surface area contributed by atoms with Crippen molar-refractivity contribution < 1.29 is 8.42 Å². The van der Waals surface area contributed by atoms with Gasteiger partial charge < -0.3 is 4.98 Å². The van der Waals surface area contributed by atoms with Crippen LogP contribution in [0.3, 0.4) is 0 Å². The zero-order valence-electron chi connectivity index (χ0n) is 10.7. The Labute approximate surface area is 125 Å². The van der Waals surface area contributed by atoms with E-state index in [1.165, 1.54) is 0 Å². The first-order valence-electron chi connectivity index (χ1n) is 6.07. The van der Waals surface area contributed by atoms with Crippen LogP contribution in [-0.2, 0) is 9.84 Å². The number of H-pyrrole nitrogens is 1.